The Morgan fingerprint density at radius 2 is 2.12 bits per heavy atom. The van der Waals surface area contributed by atoms with Crippen molar-refractivity contribution in [2.45, 2.75) is 31.6 Å². The smallest absolute Gasteiger partial charge is 0.235 e. The minimum atomic E-state index is -0.350. The van der Waals surface area contributed by atoms with Crippen molar-refractivity contribution >= 4 is 43.5 Å². The lowest BCUT2D eigenvalue weighted by molar-refractivity contribution is -0.121. The highest BCUT2D eigenvalue weighted by Crippen LogP contribution is 2.44. The van der Waals surface area contributed by atoms with Crippen molar-refractivity contribution in [3.05, 3.63) is 28.2 Å². The first-order chi connectivity index (χ1) is 8.14. The third kappa shape index (κ3) is 2.17. The molecule has 1 unspecified atom stereocenters. The Morgan fingerprint density at radius 3 is 2.76 bits per heavy atom. The number of halogens is 2. The molecule has 4 heteroatoms. The van der Waals surface area contributed by atoms with Crippen LogP contribution in [0.15, 0.2) is 22.7 Å². The Labute approximate surface area is 118 Å². The van der Waals surface area contributed by atoms with E-state index >= 15 is 0 Å². The molecule has 1 aliphatic heterocycles. The van der Waals surface area contributed by atoms with E-state index in [1.165, 1.54) is 0 Å². The maximum Gasteiger partial charge on any atom is 0.235 e. The van der Waals surface area contributed by atoms with Gasteiger partial charge >= 0.3 is 0 Å². The zero-order chi connectivity index (χ0) is 12.5. The number of nitrogens with one attached hydrogen (secondary N) is 1. The largest absolute Gasteiger partial charge is 0.325 e. The van der Waals surface area contributed by atoms with E-state index < -0.39 is 0 Å². The molecule has 1 N–H and O–H groups in total. The number of fused-ring (bicyclic) bond motifs is 1. The van der Waals surface area contributed by atoms with E-state index in [1.807, 2.05) is 12.1 Å². The Hall–Kier alpha value is -0.350. The van der Waals surface area contributed by atoms with Crippen LogP contribution in [0.1, 0.15) is 31.7 Å². The van der Waals surface area contributed by atoms with Crippen LogP contribution in [0.4, 0.5) is 5.69 Å². The molecule has 1 aromatic rings. The fourth-order valence-corrected chi connectivity index (χ4v) is 3.63. The molecule has 0 fully saturated rings. The molecule has 0 saturated heterocycles. The van der Waals surface area contributed by atoms with E-state index in [0.29, 0.717) is 0 Å². The Balaban J connectivity index is 2.52. The Morgan fingerprint density at radius 1 is 1.35 bits per heavy atom. The van der Waals surface area contributed by atoms with E-state index in [9.17, 15) is 4.79 Å². The summed E-state index contributed by atoms with van der Waals surface area (Å²) in [4.78, 5) is 12.3. The van der Waals surface area contributed by atoms with Gasteiger partial charge in [0.05, 0.1) is 5.41 Å². The molecule has 1 amide bonds. The standard InChI is InChI=1S/C13H15Br2NO/c1-2-5-13(6-7-14)10-8-9(15)3-4-11(10)16-12(13)17/h3-4,8H,2,5-7H2,1H3,(H,16,17). The summed E-state index contributed by atoms with van der Waals surface area (Å²) in [5.41, 5.74) is 1.75. The summed E-state index contributed by atoms with van der Waals surface area (Å²) in [5.74, 6) is 0.145. The number of alkyl halides is 1. The summed E-state index contributed by atoms with van der Waals surface area (Å²) in [6.07, 6.45) is 2.75. The van der Waals surface area contributed by atoms with Crippen molar-refractivity contribution in [2.75, 3.05) is 10.6 Å². The van der Waals surface area contributed by atoms with Gasteiger partial charge < -0.3 is 5.32 Å². The molecule has 1 aliphatic rings. The van der Waals surface area contributed by atoms with Crippen molar-refractivity contribution < 1.29 is 4.79 Å². The SMILES string of the molecule is CCCC1(CCBr)C(=O)Nc2ccc(Br)cc21. The van der Waals surface area contributed by atoms with Gasteiger partial charge in [-0.2, -0.15) is 0 Å². The number of carbonyl (C=O) groups is 1. The topological polar surface area (TPSA) is 29.1 Å². The molecule has 1 atom stereocenters. The third-order valence-corrected chi connectivity index (χ3v) is 4.27. The zero-order valence-corrected chi connectivity index (χ0v) is 12.9. The van der Waals surface area contributed by atoms with Gasteiger partial charge in [0.2, 0.25) is 5.91 Å². The molecule has 1 heterocycles. The van der Waals surface area contributed by atoms with Crippen molar-refractivity contribution in [2.24, 2.45) is 0 Å². The minimum absolute atomic E-state index is 0.145. The van der Waals surface area contributed by atoms with Gasteiger partial charge in [0, 0.05) is 15.5 Å². The molecule has 0 spiro atoms. The summed E-state index contributed by atoms with van der Waals surface area (Å²) < 4.78 is 1.03. The highest BCUT2D eigenvalue weighted by Gasteiger charge is 2.45. The van der Waals surface area contributed by atoms with Crippen LogP contribution >= 0.6 is 31.9 Å². The second kappa shape index (κ2) is 5.11. The van der Waals surface area contributed by atoms with Crippen LogP contribution in [-0.2, 0) is 10.2 Å². The molecule has 2 nitrogen and oxygen atoms in total. The highest BCUT2D eigenvalue weighted by atomic mass is 79.9. The van der Waals surface area contributed by atoms with Crippen LogP contribution in [0.25, 0.3) is 0 Å². The van der Waals surface area contributed by atoms with Crippen molar-refractivity contribution in [1.29, 1.82) is 0 Å². The molecule has 17 heavy (non-hydrogen) atoms. The van der Waals surface area contributed by atoms with Gasteiger partial charge in [0.1, 0.15) is 0 Å². The number of hydrogen-bond acceptors (Lipinski definition) is 1. The lowest BCUT2D eigenvalue weighted by atomic mass is 9.76. The van der Waals surface area contributed by atoms with Crippen LogP contribution in [-0.4, -0.2) is 11.2 Å². The predicted octanol–water partition coefficient (Wildman–Crippen LogP) is 4.22. The normalized spacial score (nSPS) is 22.4. The number of hydrogen-bond donors (Lipinski definition) is 1. The summed E-state index contributed by atoms with van der Waals surface area (Å²) in [6.45, 7) is 2.12. The van der Waals surface area contributed by atoms with Crippen LogP contribution in [0.2, 0.25) is 0 Å². The van der Waals surface area contributed by atoms with Gasteiger partial charge in [-0.1, -0.05) is 45.2 Å². The van der Waals surface area contributed by atoms with Crippen molar-refractivity contribution in [3.8, 4) is 0 Å². The second-order valence-corrected chi connectivity index (χ2v) is 6.12. The number of amides is 1. The zero-order valence-electron chi connectivity index (χ0n) is 9.72. The maximum atomic E-state index is 12.3. The van der Waals surface area contributed by atoms with Crippen LogP contribution in [0.5, 0.6) is 0 Å². The average molecular weight is 361 g/mol. The van der Waals surface area contributed by atoms with Crippen LogP contribution in [0, 0.1) is 0 Å². The Kier molecular flexibility index (Phi) is 3.93. The summed E-state index contributed by atoms with van der Waals surface area (Å²) >= 11 is 6.96. The first-order valence-corrected chi connectivity index (χ1v) is 7.73. The van der Waals surface area contributed by atoms with Gasteiger partial charge in [-0.05, 0) is 36.6 Å². The molecule has 92 valence electrons. The minimum Gasteiger partial charge on any atom is -0.325 e. The van der Waals surface area contributed by atoms with Gasteiger partial charge in [-0.15, -0.1) is 0 Å². The van der Waals surface area contributed by atoms with E-state index in [1.54, 1.807) is 0 Å². The molecule has 1 aromatic carbocycles. The van der Waals surface area contributed by atoms with E-state index in [4.69, 9.17) is 0 Å². The quantitative estimate of drug-likeness (QED) is 0.800. The first-order valence-electron chi connectivity index (χ1n) is 5.81. The number of anilines is 1. The molecule has 0 bridgehead atoms. The lowest BCUT2D eigenvalue weighted by Gasteiger charge is -2.26. The third-order valence-electron chi connectivity index (χ3n) is 3.38. The van der Waals surface area contributed by atoms with Gasteiger partial charge in [-0.25, -0.2) is 0 Å². The monoisotopic (exact) mass is 359 g/mol. The van der Waals surface area contributed by atoms with E-state index in [0.717, 1.165) is 40.3 Å². The number of benzene rings is 1. The fourth-order valence-electron chi connectivity index (χ4n) is 2.60. The summed E-state index contributed by atoms with van der Waals surface area (Å²) in [6, 6.07) is 6.02. The molecule has 0 radical (unpaired) electrons. The lowest BCUT2D eigenvalue weighted by Crippen LogP contribution is -2.34. The van der Waals surface area contributed by atoms with Crippen LogP contribution < -0.4 is 5.32 Å². The highest BCUT2D eigenvalue weighted by molar-refractivity contribution is 9.10. The summed E-state index contributed by atoms with van der Waals surface area (Å²) in [7, 11) is 0. The first kappa shape index (κ1) is 13.1. The number of carbonyl (C=O) groups excluding carboxylic acids is 1. The average Bonchev–Trinajstić information content (AvgIpc) is 2.54. The molecule has 2 rings (SSSR count). The van der Waals surface area contributed by atoms with E-state index in [-0.39, 0.29) is 11.3 Å². The molecular weight excluding hydrogens is 346 g/mol. The van der Waals surface area contributed by atoms with Crippen LogP contribution in [0.3, 0.4) is 0 Å². The van der Waals surface area contributed by atoms with Gasteiger partial charge in [0.15, 0.2) is 0 Å². The Bertz CT molecular complexity index is 439. The van der Waals surface area contributed by atoms with Crippen molar-refractivity contribution in [1.82, 2.24) is 0 Å². The predicted molar refractivity (Wildman–Crippen MR) is 77.8 cm³/mol. The summed E-state index contributed by atoms with van der Waals surface area (Å²) in [5, 5.41) is 3.84. The maximum absolute atomic E-state index is 12.3. The molecule has 0 aliphatic carbocycles. The van der Waals surface area contributed by atoms with Crippen molar-refractivity contribution in [3.63, 3.8) is 0 Å². The number of rotatable bonds is 4. The molecule has 0 saturated carbocycles. The molecular formula is C13H15Br2NO. The second-order valence-electron chi connectivity index (χ2n) is 4.42. The molecule has 0 aromatic heterocycles. The van der Waals surface area contributed by atoms with Gasteiger partial charge in [0.25, 0.3) is 0 Å². The van der Waals surface area contributed by atoms with E-state index in [2.05, 4.69) is 50.2 Å². The van der Waals surface area contributed by atoms with Gasteiger partial charge in [-0.3, -0.25) is 4.79 Å². The fraction of sp³-hybridized carbons (Fsp3) is 0.462.